The van der Waals surface area contributed by atoms with Gasteiger partial charge in [0.05, 0.1) is 16.8 Å². The molecule has 28 heavy (non-hydrogen) atoms. The molecule has 0 N–H and O–H groups in total. The van der Waals surface area contributed by atoms with E-state index >= 15 is 0 Å². The maximum atomic E-state index is 12.9. The van der Waals surface area contributed by atoms with Crippen molar-refractivity contribution in [2.75, 3.05) is 26.2 Å². The summed E-state index contributed by atoms with van der Waals surface area (Å²) < 4.78 is 27.3. The molecule has 150 valence electrons. The predicted molar refractivity (Wildman–Crippen MR) is 107 cm³/mol. The number of carbonyl (C=O) groups excluding carboxylic acids is 1. The molecule has 7 nitrogen and oxygen atoms in total. The van der Waals surface area contributed by atoms with Gasteiger partial charge in [-0.1, -0.05) is 26.0 Å². The minimum absolute atomic E-state index is 0.220. The fraction of sp³-hybridized carbons (Fsp3) is 0.450. The molecule has 8 heteroatoms. The first-order valence-corrected chi connectivity index (χ1v) is 10.9. The molecular weight excluding hydrogens is 376 g/mol. The van der Waals surface area contributed by atoms with Gasteiger partial charge in [-0.3, -0.25) is 9.78 Å². The molecule has 1 aromatic heterocycles. The zero-order chi connectivity index (χ0) is 20.3. The second kappa shape index (κ2) is 8.36. The largest absolute Gasteiger partial charge is 0.335 e. The van der Waals surface area contributed by atoms with Crippen LogP contribution in [0, 0.1) is 6.92 Å². The summed E-state index contributed by atoms with van der Waals surface area (Å²) in [5.74, 6) is 0.179. The molecule has 1 saturated heterocycles. The summed E-state index contributed by atoms with van der Waals surface area (Å²) in [4.78, 5) is 22.7. The van der Waals surface area contributed by atoms with Crippen LogP contribution in [0.15, 0.2) is 41.6 Å². The van der Waals surface area contributed by atoms with Crippen LogP contribution in [0.1, 0.15) is 47.9 Å². The minimum atomic E-state index is -3.56. The van der Waals surface area contributed by atoms with E-state index in [9.17, 15) is 13.2 Å². The van der Waals surface area contributed by atoms with Crippen LogP contribution in [0.2, 0.25) is 0 Å². The first kappa shape index (κ1) is 20.4. The highest BCUT2D eigenvalue weighted by Gasteiger charge is 2.30. The number of rotatable bonds is 5. The molecule has 0 spiro atoms. The molecule has 1 unspecified atom stereocenters. The lowest BCUT2D eigenvalue weighted by Crippen LogP contribution is -2.50. The van der Waals surface area contributed by atoms with Crippen LogP contribution in [0.4, 0.5) is 0 Å². The molecule has 1 aromatic carbocycles. The molecule has 1 aliphatic heterocycles. The van der Waals surface area contributed by atoms with Crippen molar-refractivity contribution >= 4 is 15.9 Å². The van der Waals surface area contributed by atoms with E-state index in [0.29, 0.717) is 23.9 Å². The second-order valence-corrected chi connectivity index (χ2v) is 9.06. The average molecular weight is 403 g/mol. The Kier molecular flexibility index (Phi) is 6.10. The van der Waals surface area contributed by atoms with Gasteiger partial charge in [-0.2, -0.15) is 4.31 Å². The van der Waals surface area contributed by atoms with Crippen LogP contribution >= 0.6 is 0 Å². The Labute approximate surface area is 166 Å². The lowest BCUT2D eigenvalue weighted by atomic mass is 9.99. The van der Waals surface area contributed by atoms with Crippen molar-refractivity contribution in [2.45, 2.75) is 38.0 Å². The summed E-state index contributed by atoms with van der Waals surface area (Å²) in [5, 5.41) is 0. The van der Waals surface area contributed by atoms with Crippen molar-refractivity contribution in [2.24, 2.45) is 0 Å². The molecule has 2 heterocycles. The quantitative estimate of drug-likeness (QED) is 0.767. The van der Waals surface area contributed by atoms with Gasteiger partial charge >= 0.3 is 0 Å². The van der Waals surface area contributed by atoms with Gasteiger partial charge in [0.2, 0.25) is 10.0 Å². The number of hydrogen-bond donors (Lipinski definition) is 0. The molecule has 1 amide bonds. The molecule has 0 saturated carbocycles. The standard InChI is InChI=1S/C20H26N4O3S/c1-4-15(2)17-5-7-18(8-6-17)28(26,27)24-11-9-23(10-12-24)20(25)19-14-21-16(3)13-22-19/h5-8,13-15H,4,9-12H2,1-3H3. The smallest absolute Gasteiger partial charge is 0.274 e. The van der Waals surface area contributed by atoms with Gasteiger partial charge < -0.3 is 4.90 Å². The SMILES string of the molecule is CCC(C)c1ccc(S(=O)(=O)N2CCN(C(=O)c3cnc(C)cn3)CC2)cc1. The summed E-state index contributed by atoms with van der Waals surface area (Å²) in [6, 6.07) is 7.13. The maximum absolute atomic E-state index is 12.9. The molecule has 1 atom stereocenters. The highest BCUT2D eigenvalue weighted by atomic mass is 32.2. The molecule has 1 aliphatic rings. The zero-order valence-corrected chi connectivity index (χ0v) is 17.3. The average Bonchev–Trinajstić information content (AvgIpc) is 2.73. The van der Waals surface area contributed by atoms with Crippen molar-refractivity contribution in [3.8, 4) is 0 Å². The minimum Gasteiger partial charge on any atom is -0.335 e. The summed E-state index contributed by atoms with van der Waals surface area (Å²) in [6.45, 7) is 7.23. The summed E-state index contributed by atoms with van der Waals surface area (Å²) >= 11 is 0. The van der Waals surface area contributed by atoms with Crippen molar-refractivity contribution in [3.05, 3.63) is 53.6 Å². The van der Waals surface area contributed by atoms with Crippen LogP contribution in [0.25, 0.3) is 0 Å². The molecule has 0 bridgehead atoms. The first-order chi connectivity index (χ1) is 13.3. The maximum Gasteiger partial charge on any atom is 0.274 e. The lowest BCUT2D eigenvalue weighted by molar-refractivity contribution is 0.0691. The molecule has 0 aliphatic carbocycles. The van der Waals surface area contributed by atoms with Crippen LogP contribution < -0.4 is 0 Å². The van der Waals surface area contributed by atoms with Gasteiger partial charge in [0, 0.05) is 32.4 Å². The van der Waals surface area contributed by atoms with E-state index < -0.39 is 10.0 Å². The number of benzene rings is 1. The third-order valence-corrected chi connectivity index (χ3v) is 7.14. The number of hydrogen-bond acceptors (Lipinski definition) is 5. The van der Waals surface area contributed by atoms with Gasteiger partial charge in [-0.05, 0) is 37.0 Å². The zero-order valence-electron chi connectivity index (χ0n) is 16.5. The van der Waals surface area contributed by atoms with E-state index in [4.69, 9.17) is 0 Å². The predicted octanol–water partition coefficient (Wildman–Crippen LogP) is 2.45. The number of piperazine rings is 1. The van der Waals surface area contributed by atoms with Gasteiger partial charge in [0.15, 0.2) is 0 Å². The molecule has 3 rings (SSSR count). The third kappa shape index (κ3) is 4.23. The van der Waals surface area contributed by atoms with Crippen LogP contribution in [0.5, 0.6) is 0 Å². The van der Waals surface area contributed by atoms with E-state index in [1.165, 1.54) is 10.5 Å². The molecule has 1 fully saturated rings. The van der Waals surface area contributed by atoms with E-state index in [0.717, 1.165) is 17.7 Å². The molecule has 2 aromatic rings. The Hall–Kier alpha value is -2.32. The monoisotopic (exact) mass is 402 g/mol. The van der Waals surface area contributed by atoms with E-state index in [1.54, 1.807) is 30.2 Å². The Morgan fingerprint density at radius 3 is 2.25 bits per heavy atom. The van der Waals surface area contributed by atoms with Crippen molar-refractivity contribution in [1.82, 2.24) is 19.2 Å². The van der Waals surface area contributed by atoms with E-state index in [-0.39, 0.29) is 24.7 Å². The summed E-state index contributed by atoms with van der Waals surface area (Å²) in [6.07, 6.45) is 4.02. The van der Waals surface area contributed by atoms with Crippen LogP contribution in [-0.2, 0) is 10.0 Å². The van der Waals surface area contributed by atoms with Crippen LogP contribution in [-0.4, -0.2) is 59.7 Å². The van der Waals surface area contributed by atoms with Crippen molar-refractivity contribution in [3.63, 3.8) is 0 Å². The fourth-order valence-corrected chi connectivity index (χ4v) is 4.57. The molecular formula is C20H26N4O3S. The number of carbonyl (C=O) groups is 1. The fourth-order valence-electron chi connectivity index (χ4n) is 3.15. The second-order valence-electron chi connectivity index (χ2n) is 7.12. The number of aryl methyl sites for hydroxylation is 1. The normalized spacial score (nSPS) is 16.8. The Morgan fingerprint density at radius 2 is 1.71 bits per heavy atom. The Morgan fingerprint density at radius 1 is 1.07 bits per heavy atom. The van der Waals surface area contributed by atoms with E-state index in [1.807, 2.05) is 12.1 Å². The topological polar surface area (TPSA) is 83.5 Å². The number of nitrogens with zero attached hydrogens (tertiary/aromatic N) is 4. The van der Waals surface area contributed by atoms with Gasteiger partial charge in [0.1, 0.15) is 5.69 Å². The highest BCUT2D eigenvalue weighted by Crippen LogP contribution is 2.23. The van der Waals surface area contributed by atoms with Gasteiger partial charge in [-0.25, -0.2) is 13.4 Å². The van der Waals surface area contributed by atoms with E-state index in [2.05, 4.69) is 23.8 Å². The van der Waals surface area contributed by atoms with Gasteiger partial charge in [0.25, 0.3) is 5.91 Å². The first-order valence-electron chi connectivity index (χ1n) is 9.51. The summed E-state index contributed by atoms with van der Waals surface area (Å²) in [7, 11) is -3.56. The third-order valence-electron chi connectivity index (χ3n) is 5.23. The molecule has 0 radical (unpaired) electrons. The number of amides is 1. The Balaban J connectivity index is 1.66. The van der Waals surface area contributed by atoms with Crippen molar-refractivity contribution < 1.29 is 13.2 Å². The van der Waals surface area contributed by atoms with Crippen LogP contribution in [0.3, 0.4) is 0 Å². The van der Waals surface area contributed by atoms with Gasteiger partial charge in [-0.15, -0.1) is 0 Å². The summed E-state index contributed by atoms with van der Waals surface area (Å²) in [5.41, 5.74) is 2.16. The Bertz CT molecular complexity index is 919. The number of sulfonamides is 1. The number of aromatic nitrogens is 2. The van der Waals surface area contributed by atoms with Crippen molar-refractivity contribution in [1.29, 1.82) is 0 Å². The lowest BCUT2D eigenvalue weighted by Gasteiger charge is -2.33. The highest BCUT2D eigenvalue weighted by molar-refractivity contribution is 7.89.